The molecule has 0 aromatic carbocycles. The topological polar surface area (TPSA) is 9.23 Å². The van der Waals surface area contributed by atoms with Crippen molar-refractivity contribution in [1.29, 1.82) is 0 Å². The summed E-state index contributed by atoms with van der Waals surface area (Å²) in [5, 5.41) is 0. The molecule has 106 valence electrons. The number of hydrogen-bond donors (Lipinski definition) is 0. The SMILES string of the molecule is CC1CCC(C(C)(C)CC2CCOCC2)C(Br)C1. The summed E-state index contributed by atoms with van der Waals surface area (Å²) in [5.74, 6) is 2.66. The normalized spacial score (nSPS) is 35.7. The van der Waals surface area contributed by atoms with Crippen molar-refractivity contribution < 1.29 is 4.74 Å². The predicted molar refractivity (Wildman–Crippen MR) is 81.2 cm³/mol. The molecule has 0 bridgehead atoms. The second-order valence-corrected chi connectivity index (χ2v) is 8.47. The Hall–Kier alpha value is 0.440. The average molecular weight is 317 g/mol. The molecule has 18 heavy (non-hydrogen) atoms. The molecule has 0 aromatic heterocycles. The molecular weight excluding hydrogens is 288 g/mol. The molecular formula is C16H29BrO. The van der Waals surface area contributed by atoms with Gasteiger partial charge < -0.3 is 4.74 Å². The van der Waals surface area contributed by atoms with Crippen molar-refractivity contribution in [1.82, 2.24) is 0 Å². The van der Waals surface area contributed by atoms with E-state index in [9.17, 15) is 0 Å². The van der Waals surface area contributed by atoms with Gasteiger partial charge in [0.2, 0.25) is 0 Å². The number of alkyl halides is 1. The molecule has 0 spiro atoms. The Labute approximate surface area is 121 Å². The minimum absolute atomic E-state index is 0.482. The first-order valence-electron chi connectivity index (χ1n) is 7.71. The van der Waals surface area contributed by atoms with Gasteiger partial charge in [0.15, 0.2) is 0 Å². The summed E-state index contributed by atoms with van der Waals surface area (Å²) in [6, 6.07) is 0. The Morgan fingerprint density at radius 2 is 1.78 bits per heavy atom. The van der Waals surface area contributed by atoms with Gasteiger partial charge in [-0.1, -0.05) is 43.1 Å². The summed E-state index contributed by atoms with van der Waals surface area (Å²) in [4.78, 5) is 0.732. The first-order valence-corrected chi connectivity index (χ1v) is 8.62. The molecule has 1 saturated carbocycles. The fourth-order valence-electron chi connectivity index (χ4n) is 4.04. The Kier molecular flexibility index (Phi) is 5.16. The smallest absolute Gasteiger partial charge is 0.0468 e. The summed E-state index contributed by atoms with van der Waals surface area (Å²) in [5.41, 5.74) is 0.482. The van der Waals surface area contributed by atoms with Gasteiger partial charge in [-0.3, -0.25) is 0 Å². The highest BCUT2D eigenvalue weighted by atomic mass is 79.9. The summed E-state index contributed by atoms with van der Waals surface area (Å²) in [6.45, 7) is 9.37. The van der Waals surface area contributed by atoms with Crippen LogP contribution in [-0.2, 0) is 4.74 Å². The lowest BCUT2D eigenvalue weighted by Crippen LogP contribution is -2.37. The van der Waals surface area contributed by atoms with Crippen LogP contribution < -0.4 is 0 Å². The van der Waals surface area contributed by atoms with Crippen LogP contribution >= 0.6 is 15.9 Å². The minimum Gasteiger partial charge on any atom is -0.381 e. The molecule has 3 unspecified atom stereocenters. The van der Waals surface area contributed by atoms with Crippen molar-refractivity contribution in [2.24, 2.45) is 23.2 Å². The first kappa shape index (κ1) is 14.8. The van der Waals surface area contributed by atoms with E-state index in [0.717, 1.165) is 35.8 Å². The Bertz CT molecular complexity index is 258. The minimum atomic E-state index is 0.482. The molecule has 1 heterocycles. The zero-order chi connectivity index (χ0) is 13.2. The van der Waals surface area contributed by atoms with Gasteiger partial charge in [-0.05, 0) is 55.3 Å². The van der Waals surface area contributed by atoms with Gasteiger partial charge in [0.25, 0.3) is 0 Å². The van der Waals surface area contributed by atoms with Crippen LogP contribution in [0.4, 0.5) is 0 Å². The van der Waals surface area contributed by atoms with Crippen LogP contribution in [0.1, 0.15) is 59.3 Å². The van der Waals surface area contributed by atoms with E-state index in [1.165, 1.54) is 38.5 Å². The molecule has 1 nitrogen and oxygen atoms in total. The molecule has 0 N–H and O–H groups in total. The molecule has 3 atom stereocenters. The van der Waals surface area contributed by atoms with E-state index in [-0.39, 0.29) is 0 Å². The number of hydrogen-bond acceptors (Lipinski definition) is 1. The lowest BCUT2D eigenvalue weighted by atomic mass is 9.65. The van der Waals surface area contributed by atoms with Crippen LogP contribution in [0.25, 0.3) is 0 Å². The van der Waals surface area contributed by atoms with Crippen LogP contribution in [0.5, 0.6) is 0 Å². The van der Waals surface area contributed by atoms with Crippen molar-refractivity contribution in [3.05, 3.63) is 0 Å². The second-order valence-electron chi connectivity index (χ2n) is 7.29. The summed E-state index contributed by atoms with van der Waals surface area (Å²) in [6.07, 6.45) is 8.13. The van der Waals surface area contributed by atoms with E-state index < -0.39 is 0 Å². The highest BCUT2D eigenvalue weighted by Gasteiger charge is 2.39. The zero-order valence-corrected chi connectivity index (χ0v) is 13.8. The molecule has 2 heteroatoms. The lowest BCUT2D eigenvalue weighted by molar-refractivity contribution is 0.0350. The van der Waals surface area contributed by atoms with Crippen LogP contribution in [0.15, 0.2) is 0 Å². The Morgan fingerprint density at radius 1 is 1.11 bits per heavy atom. The van der Waals surface area contributed by atoms with Gasteiger partial charge in [0.05, 0.1) is 0 Å². The van der Waals surface area contributed by atoms with Crippen LogP contribution in [0, 0.1) is 23.2 Å². The van der Waals surface area contributed by atoms with Crippen molar-refractivity contribution in [2.75, 3.05) is 13.2 Å². The van der Waals surface area contributed by atoms with E-state index in [4.69, 9.17) is 4.74 Å². The molecule has 2 rings (SSSR count). The standard InChI is InChI=1S/C16H29BrO/c1-12-4-5-14(15(17)10-12)16(2,3)11-13-6-8-18-9-7-13/h12-15H,4-11H2,1-3H3. The second kappa shape index (κ2) is 6.26. The van der Waals surface area contributed by atoms with E-state index in [1.54, 1.807) is 0 Å². The molecule has 1 aliphatic heterocycles. The van der Waals surface area contributed by atoms with Crippen LogP contribution in [0.3, 0.4) is 0 Å². The monoisotopic (exact) mass is 316 g/mol. The van der Waals surface area contributed by atoms with Crippen molar-refractivity contribution in [3.63, 3.8) is 0 Å². The summed E-state index contributed by atoms with van der Waals surface area (Å²) >= 11 is 3.97. The molecule has 2 aliphatic rings. The summed E-state index contributed by atoms with van der Waals surface area (Å²) in [7, 11) is 0. The Balaban J connectivity index is 1.92. The highest BCUT2D eigenvalue weighted by Crippen LogP contribution is 2.47. The van der Waals surface area contributed by atoms with Crippen molar-refractivity contribution in [3.8, 4) is 0 Å². The van der Waals surface area contributed by atoms with E-state index in [2.05, 4.69) is 36.7 Å². The third-order valence-electron chi connectivity index (χ3n) is 5.19. The fraction of sp³-hybridized carbons (Fsp3) is 1.00. The number of rotatable bonds is 3. The molecule has 2 fully saturated rings. The van der Waals surface area contributed by atoms with E-state index >= 15 is 0 Å². The van der Waals surface area contributed by atoms with Gasteiger partial charge in [0.1, 0.15) is 0 Å². The zero-order valence-electron chi connectivity index (χ0n) is 12.3. The van der Waals surface area contributed by atoms with E-state index in [0.29, 0.717) is 5.41 Å². The largest absolute Gasteiger partial charge is 0.381 e. The predicted octanol–water partition coefficient (Wildman–Crippen LogP) is 5.03. The number of halogens is 1. The number of ether oxygens (including phenoxy) is 1. The first-order chi connectivity index (χ1) is 8.49. The van der Waals surface area contributed by atoms with Crippen molar-refractivity contribution >= 4 is 15.9 Å². The van der Waals surface area contributed by atoms with Gasteiger partial charge >= 0.3 is 0 Å². The maximum absolute atomic E-state index is 5.49. The third kappa shape index (κ3) is 3.72. The van der Waals surface area contributed by atoms with Crippen LogP contribution in [-0.4, -0.2) is 18.0 Å². The average Bonchev–Trinajstić information content (AvgIpc) is 2.29. The van der Waals surface area contributed by atoms with Gasteiger partial charge in [0, 0.05) is 18.0 Å². The van der Waals surface area contributed by atoms with Gasteiger partial charge in [-0.25, -0.2) is 0 Å². The fourth-order valence-corrected chi connectivity index (χ4v) is 5.66. The maximum Gasteiger partial charge on any atom is 0.0468 e. The molecule has 0 amide bonds. The quantitative estimate of drug-likeness (QED) is 0.663. The third-order valence-corrected chi connectivity index (χ3v) is 6.21. The molecule has 0 aromatic rings. The highest BCUT2D eigenvalue weighted by molar-refractivity contribution is 9.09. The maximum atomic E-state index is 5.49. The Morgan fingerprint density at radius 3 is 2.39 bits per heavy atom. The molecule has 0 radical (unpaired) electrons. The molecule has 1 saturated heterocycles. The van der Waals surface area contributed by atoms with E-state index in [1.807, 2.05) is 0 Å². The van der Waals surface area contributed by atoms with Crippen LogP contribution in [0.2, 0.25) is 0 Å². The van der Waals surface area contributed by atoms with Crippen molar-refractivity contribution in [2.45, 2.75) is 64.1 Å². The molecule has 1 aliphatic carbocycles. The van der Waals surface area contributed by atoms with Gasteiger partial charge in [-0.15, -0.1) is 0 Å². The van der Waals surface area contributed by atoms with Gasteiger partial charge in [-0.2, -0.15) is 0 Å². The lowest BCUT2D eigenvalue weighted by Gasteiger charge is -2.44. The summed E-state index contributed by atoms with van der Waals surface area (Å²) < 4.78 is 5.49.